The van der Waals surface area contributed by atoms with Gasteiger partial charge in [0.1, 0.15) is 23.3 Å². The van der Waals surface area contributed by atoms with Crippen LogP contribution < -0.4 is 10.1 Å². The number of aromatic nitrogens is 1. The van der Waals surface area contributed by atoms with Crippen molar-refractivity contribution in [2.45, 2.75) is 13.0 Å². The maximum absolute atomic E-state index is 12.5. The lowest BCUT2D eigenvalue weighted by atomic mass is 10.1. The summed E-state index contributed by atoms with van der Waals surface area (Å²) >= 11 is 0. The number of rotatable bonds is 6. The van der Waals surface area contributed by atoms with E-state index in [4.69, 9.17) is 9.15 Å². The van der Waals surface area contributed by atoms with E-state index in [1.807, 2.05) is 13.0 Å². The first-order valence-electron chi connectivity index (χ1n) is 7.81. The highest BCUT2D eigenvalue weighted by molar-refractivity contribution is 5.95. The molecule has 0 aliphatic carbocycles. The first-order chi connectivity index (χ1) is 12.2. The van der Waals surface area contributed by atoms with Gasteiger partial charge in [0.25, 0.3) is 5.91 Å². The number of pyridine rings is 1. The van der Waals surface area contributed by atoms with E-state index < -0.39 is 6.04 Å². The van der Waals surface area contributed by atoms with E-state index in [0.29, 0.717) is 22.8 Å². The molecule has 0 fully saturated rings. The molecule has 3 aromatic rings. The number of aryl methyl sites for hydroxylation is 1. The number of hydrogen-bond acceptors (Lipinski definition) is 5. The molecule has 1 aromatic carbocycles. The molecule has 128 valence electrons. The number of hydrogen-bond donors (Lipinski definition) is 2. The van der Waals surface area contributed by atoms with Crippen molar-refractivity contribution in [1.82, 2.24) is 10.3 Å². The highest BCUT2D eigenvalue weighted by atomic mass is 16.5. The molecule has 0 saturated heterocycles. The second-order valence-corrected chi connectivity index (χ2v) is 5.49. The quantitative estimate of drug-likeness (QED) is 0.721. The summed E-state index contributed by atoms with van der Waals surface area (Å²) in [4.78, 5) is 16.4. The summed E-state index contributed by atoms with van der Waals surface area (Å²) in [6, 6.07) is 11.5. The van der Waals surface area contributed by atoms with Gasteiger partial charge in [-0.2, -0.15) is 0 Å². The number of carbonyl (C=O) groups is 1. The minimum absolute atomic E-state index is 0.258. The van der Waals surface area contributed by atoms with Crippen molar-refractivity contribution in [3.05, 3.63) is 78.0 Å². The molecule has 6 nitrogen and oxygen atoms in total. The molecule has 0 saturated carbocycles. The fourth-order valence-corrected chi connectivity index (χ4v) is 2.32. The van der Waals surface area contributed by atoms with Gasteiger partial charge in [-0.3, -0.25) is 9.78 Å². The number of benzene rings is 1. The van der Waals surface area contributed by atoms with Crippen LogP contribution in [0.5, 0.6) is 11.5 Å². The zero-order valence-corrected chi connectivity index (χ0v) is 13.7. The summed E-state index contributed by atoms with van der Waals surface area (Å²) in [5, 5.41) is 12.2. The Morgan fingerprint density at radius 3 is 2.76 bits per heavy atom. The SMILES string of the molecule is Cc1ccc(C(=O)NC(CO)c2ccco2)cc1Oc1ccncc1. The predicted molar refractivity (Wildman–Crippen MR) is 91.5 cm³/mol. The van der Waals surface area contributed by atoms with Gasteiger partial charge in [-0.25, -0.2) is 0 Å². The van der Waals surface area contributed by atoms with E-state index in [0.717, 1.165) is 5.56 Å². The van der Waals surface area contributed by atoms with Crippen LogP contribution in [0.4, 0.5) is 0 Å². The Bertz CT molecular complexity index is 832. The van der Waals surface area contributed by atoms with E-state index in [2.05, 4.69) is 10.3 Å². The molecule has 25 heavy (non-hydrogen) atoms. The molecule has 1 atom stereocenters. The maximum atomic E-state index is 12.5. The average molecular weight is 338 g/mol. The molecule has 1 amide bonds. The standard InChI is InChI=1S/C19H18N2O4/c1-13-4-5-14(11-18(13)25-15-6-8-20-9-7-15)19(23)21-16(12-22)17-3-2-10-24-17/h2-11,16,22H,12H2,1H3,(H,21,23). The minimum atomic E-state index is -0.603. The van der Waals surface area contributed by atoms with Crippen molar-refractivity contribution in [1.29, 1.82) is 0 Å². The Kier molecular flexibility index (Phi) is 5.11. The Morgan fingerprint density at radius 2 is 2.08 bits per heavy atom. The van der Waals surface area contributed by atoms with E-state index in [1.54, 1.807) is 48.8 Å². The number of nitrogens with one attached hydrogen (secondary N) is 1. The number of aliphatic hydroxyl groups is 1. The normalized spacial score (nSPS) is 11.8. The highest BCUT2D eigenvalue weighted by Crippen LogP contribution is 2.26. The van der Waals surface area contributed by atoms with Crippen LogP contribution in [-0.4, -0.2) is 22.6 Å². The van der Waals surface area contributed by atoms with E-state index >= 15 is 0 Å². The molecular formula is C19H18N2O4. The summed E-state index contributed by atoms with van der Waals surface area (Å²) in [5.41, 5.74) is 1.33. The molecule has 0 radical (unpaired) electrons. The zero-order valence-electron chi connectivity index (χ0n) is 13.7. The monoisotopic (exact) mass is 338 g/mol. The Labute approximate surface area is 145 Å². The highest BCUT2D eigenvalue weighted by Gasteiger charge is 2.18. The van der Waals surface area contributed by atoms with Crippen LogP contribution in [0.2, 0.25) is 0 Å². The Hall–Kier alpha value is -3.12. The largest absolute Gasteiger partial charge is 0.467 e. The molecule has 6 heteroatoms. The predicted octanol–water partition coefficient (Wildman–Crippen LogP) is 3.24. The number of nitrogens with zero attached hydrogens (tertiary/aromatic N) is 1. The molecule has 0 aliphatic heterocycles. The average Bonchev–Trinajstić information content (AvgIpc) is 3.16. The maximum Gasteiger partial charge on any atom is 0.252 e. The molecule has 2 aromatic heterocycles. The third kappa shape index (κ3) is 4.05. The number of ether oxygens (including phenoxy) is 1. The first-order valence-corrected chi connectivity index (χ1v) is 7.81. The van der Waals surface area contributed by atoms with E-state index in [9.17, 15) is 9.90 Å². The van der Waals surface area contributed by atoms with Crippen LogP contribution >= 0.6 is 0 Å². The smallest absolute Gasteiger partial charge is 0.252 e. The molecule has 2 heterocycles. The molecule has 0 spiro atoms. The summed E-state index contributed by atoms with van der Waals surface area (Å²) in [5.74, 6) is 1.39. The van der Waals surface area contributed by atoms with Crippen molar-refractivity contribution >= 4 is 5.91 Å². The minimum Gasteiger partial charge on any atom is -0.467 e. The topological polar surface area (TPSA) is 84.6 Å². The number of aliphatic hydroxyl groups excluding tert-OH is 1. The summed E-state index contributed by atoms with van der Waals surface area (Å²) in [6.07, 6.45) is 4.77. The molecule has 3 rings (SSSR count). The van der Waals surface area contributed by atoms with Gasteiger partial charge < -0.3 is 19.6 Å². The van der Waals surface area contributed by atoms with Crippen LogP contribution in [0, 0.1) is 6.92 Å². The molecule has 1 unspecified atom stereocenters. The second kappa shape index (κ2) is 7.63. The van der Waals surface area contributed by atoms with Gasteiger partial charge in [0.2, 0.25) is 0 Å². The number of furan rings is 1. The summed E-state index contributed by atoms with van der Waals surface area (Å²) in [6.45, 7) is 1.64. The van der Waals surface area contributed by atoms with Gasteiger partial charge in [-0.05, 0) is 48.9 Å². The first kappa shape index (κ1) is 16.7. The number of carbonyl (C=O) groups excluding carboxylic acids is 1. The van der Waals surface area contributed by atoms with Crippen molar-refractivity contribution in [2.75, 3.05) is 6.61 Å². The Morgan fingerprint density at radius 1 is 1.28 bits per heavy atom. The van der Waals surface area contributed by atoms with E-state index in [-0.39, 0.29) is 12.5 Å². The van der Waals surface area contributed by atoms with Gasteiger partial charge in [0.05, 0.1) is 12.9 Å². The van der Waals surface area contributed by atoms with Crippen molar-refractivity contribution in [2.24, 2.45) is 0 Å². The van der Waals surface area contributed by atoms with Crippen LogP contribution in [-0.2, 0) is 0 Å². The molecule has 0 bridgehead atoms. The van der Waals surface area contributed by atoms with Crippen LogP contribution in [0.3, 0.4) is 0 Å². The zero-order chi connectivity index (χ0) is 17.6. The fraction of sp³-hybridized carbons (Fsp3) is 0.158. The second-order valence-electron chi connectivity index (χ2n) is 5.49. The third-order valence-electron chi connectivity index (χ3n) is 3.70. The van der Waals surface area contributed by atoms with Crippen molar-refractivity contribution < 1.29 is 19.1 Å². The Balaban J connectivity index is 1.78. The third-order valence-corrected chi connectivity index (χ3v) is 3.70. The van der Waals surface area contributed by atoms with Gasteiger partial charge in [-0.15, -0.1) is 0 Å². The fourth-order valence-electron chi connectivity index (χ4n) is 2.32. The van der Waals surface area contributed by atoms with Crippen molar-refractivity contribution in [3.8, 4) is 11.5 Å². The van der Waals surface area contributed by atoms with Crippen molar-refractivity contribution in [3.63, 3.8) is 0 Å². The summed E-state index contributed by atoms with van der Waals surface area (Å²) in [7, 11) is 0. The van der Waals surface area contributed by atoms with Gasteiger partial charge in [0.15, 0.2) is 0 Å². The van der Waals surface area contributed by atoms with Gasteiger partial charge in [-0.1, -0.05) is 6.07 Å². The van der Waals surface area contributed by atoms with Crippen LogP contribution in [0.25, 0.3) is 0 Å². The molecule has 2 N–H and O–H groups in total. The number of amides is 1. The van der Waals surface area contributed by atoms with Gasteiger partial charge >= 0.3 is 0 Å². The van der Waals surface area contributed by atoms with Gasteiger partial charge in [0, 0.05) is 18.0 Å². The molecular weight excluding hydrogens is 320 g/mol. The lowest BCUT2D eigenvalue weighted by Gasteiger charge is -2.15. The molecule has 0 aliphatic rings. The van der Waals surface area contributed by atoms with Crippen LogP contribution in [0.1, 0.15) is 27.7 Å². The van der Waals surface area contributed by atoms with Crippen LogP contribution in [0.15, 0.2) is 65.5 Å². The summed E-state index contributed by atoms with van der Waals surface area (Å²) < 4.78 is 11.1. The lowest BCUT2D eigenvalue weighted by molar-refractivity contribution is 0.0907. The lowest BCUT2D eigenvalue weighted by Crippen LogP contribution is -2.30. The van der Waals surface area contributed by atoms with E-state index in [1.165, 1.54) is 6.26 Å².